The van der Waals surface area contributed by atoms with Crippen molar-refractivity contribution >= 4 is 12.4 Å². The van der Waals surface area contributed by atoms with E-state index in [1.54, 1.807) is 6.20 Å². The van der Waals surface area contributed by atoms with Crippen LogP contribution in [0.4, 0.5) is 5.69 Å². The fourth-order valence-electron chi connectivity index (χ4n) is 3.20. The monoisotopic (exact) mass is 340 g/mol. The van der Waals surface area contributed by atoms with Gasteiger partial charge in [0.15, 0.2) is 0 Å². The summed E-state index contributed by atoms with van der Waals surface area (Å²) in [6.45, 7) is 14.8. The van der Waals surface area contributed by atoms with Crippen LogP contribution >= 0.6 is 0 Å². The zero-order chi connectivity index (χ0) is 18.4. The molecule has 0 amide bonds. The van der Waals surface area contributed by atoms with Crippen LogP contribution in [0.25, 0.3) is 0 Å². The van der Waals surface area contributed by atoms with Crippen molar-refractivity contribution < 1.29 is 0 Å². The molecule has 0 radical (unpaired) electrons. The Hall–Kier alpha value is -2.72. The van der Waals surface area contributed by atoms with Crippen LogP contribution in [-0.4, -0.2) is 54.0 Å². The molecule has 2 heterocycles. The Morgan fingerprint density at radius 3 is 2.92 bits per heavy atom. The normalized spacial score (nSPS) is 19.1. The van der Waals surface area contributed by atoms with Crippen LogP contribution in [0.1, 0.15) is 25.8 Å². The minimum atomic E-state index is -0.448. The lowest BCUT2D eigenvalue weighted by Crippen LogP contribution is -2.52. The van der Waals surface area contributed by atoms with Gasteiger partial charge in [-0.1, -0.05) is 19.6 Å². The summed E-state index contributed by atoms with van der Waals surface area (Å²) >= 11 is 0. The Morgan fingerprint density at radius 1 is 1.60 bits per heavy atom. The van der Waals surface area contributed by atoms with Crippen LogP contribution in [0.15, 0.2) is 39.9 Å². The smallest absolute Gasteiger partial charge is 0.284 e. The summed E-state index contributed by atoms with van der Waals surface area (Å²) < 4.78 is 0. The number of allylic oxidation sites excluding steroid dienone is 1. The predicted molar refractivity (Wildman–Crippen MR) is 99.9 cm³/mol. The second-order valence-electron chi connectivity index (χ2n) is 6.04. The number of aliphatic imine (C=N–C) groups is 1. The van der Waals surface area contributed by atoms with Gasteiger partial charge in [-0.05, 0) is 25.6 Å². The largest absolute Gasteiger partial charge is 0.364 e. The first-order valence-corrected chi connectivity index (χ1v) is 8.33. The molecule has 1 N–H and O–H groups in total. The van der Waals surface area contributed by atoms with Crippen molar-refractivity contribution in [1.82, 2.24) is 15.1 Å². The summed E-state index contributed by atoms with van der Waals surface area (Å²) in [5.74, 6) is 0. The highest BCUT2D eigenvalue weighted by Gasteiger charge is 2.27. The maximum absolute atomic E-state index is 11.8. The van der Waals surface area contributed by atoms with E-state index < -0.39 is 5.56 Å². The lowest BCUT2D eigenvalue weighted by atomic mass is 10.1. The third-order valence-corrected chi connectivity index (χ3v) is 4.51. The van der Waals surface area contributed by atoms with Gasteiger partial charge in [0.05, 0.1) is 11.9 Å². The molecule has 25 heavy (non-hydrogen) atoms. The molecule has 1 aromatic rings. The van der Waals surface area contributed by atoms with Crippen LogP contribution in [-0.2, 0) is 0 Å². The fourth-order valence-corrected chi connectivity index (χ4v) is 3.20. The third kappa shape index (κ3) is 4.03. The Morgan fingerprint density at radius 2 is 2.36 bits per heavy atom. The van der Waals surface area contributed by atoms with Gasteiger partial charge in [0.25, 0.3) is 5.56 Å². The molecular weight excluding hydrogens is 316 g/mol. The van der Waals surface area contributed by atoms with E-state index in [0.29, 0.717) is 12.2 Å². The lowest BCUT2D eigenvalue weighted by molar-refractivity contribution is 0.247. The van der Waals surface area contributed by atoms with Crippen LogP contribution in [0.3, 0.4) is 0 Å². The summed E-state index contributed by atoms with van der Waals surface area (Å²) in [6, 6.07) is 2.14. The number of H-pyrrole nitrogens is 1. The number of aromatic amines is 1. The maximum Gasteiger partial charge on any atom is 0.284 e. The van der Waals surface area contributed by atoms with E-state index in [1.807, 2.05) is 12.1 Å². The van der Waals surface area contributed by atoms with Crippen molar-refractivity contribution in [2.45, 2.75) is 26.3 Å². The van der Waals surface area contributed by atoms with Gasteiger partial charge in [0.1, 0.15) is 11.6 Å². The molecule has 132 valence electrons. The van der Waals surface area contributed by atoms with Crippen molar-refractivity contribution in [3.63, 3.8) is 0 Å². The number of nitrogens with one attached hydrogen (secondary N) is 1. The van der Waals surface area contributed by atoms with E-state index in [0.717, 1.165) is 37.3 Å². The van der Waals surface area contributed by atoms with Crippen molar-refractivity contribution in [2.75, 3.05) is 31.1 Å². The van der Waals surface area contributed by atoms with Gasteiger partial charge in [-0.25, -0.2) is 5.10 Å². The number of hydrogen-bond donors (Lipinski definition) is 1. The number of rotatable bonds is 6. The second-order valence-corrected chi connectivity index (χ2v) is 6.04. The molecule has 0 aromatic carbocycles. The molecule has 0 saturated carbocycles. The molecule has 0 aliphatic carbocycles. The van der Waals surface area contributed by atoms with Gasteiger partial charge in [0, 0.05) is 37.9 Å². The maximum atomic E-state index is 11.8. The summed E-state index contributed by atoms with van der Waals surface area (Å²) in [7, 11) is 0. The van der Waals surface area contributed by atoms with Gasteiger partial charge < -0.3 is 4.90 Å². The van der Waals surface area contributed by atoms with Gasteiger partial charge in [-0.15, -0.1) is 0 Å². The number of nitrogens with zero attached hydrogens (tertiary/aromatic N) is 5. The van der Waals surface area contributed by atoms with Crippen LogP contribution < -0.4 is 10.5 Å². The molecule has 1 aliphatic heterocycles. The van der Waals surface area contributed by atoms with Gasteiger partial charge in [0.2, 0.25) is 0 Å². The number of aromatic nitrogens is 2. The van der Waals surface area contributed by atoms with Crippen molar-refractivity contribution in [3.8, 4) is 6.07 Å². The Kier molecular flexibility index (Phi) is 6.25. The zero-order valence-electron chi connectivity index (χ0n) is 14.8. The molecule has 0 spiro atoms. The first-order chi connectivity index (χ1) is 12.0. The van der Waals surface area contributed by atoms with Crippen LogP contribution in [0.5, 0.6) is 0 Å². The number of hydrogen-bond acceptors (Lipinski definition) is 6. The van der Waals surface area contributed by atoms with Crippen molar-refractivity contribution in [3.05, 3.63) is 46.0 Å². The molecule has 1 saturated heterocycles. The molecule has 1 atom stereocenters. The topological polar surface area (TPSA) is 88.4 Å². The van der Waals surface area contributed by atoms with E-state index in [4.69, 9.17) is 0 Å². The molecular formula is C18H24N6O. The molecule has 1 fully saturated rings. The standard InChI is InChI=1S/C18H24N6O/c1-5-14(16(6-2)20-4)12-23-7-8-24(13(3)11-23)17-10-21-22-18(25)15(17)9-19/h5,10,13H,1,4,6-8,11-12H2,2-3H3,(H,22,25)/b16-14+. The van der Waals surface area contributed by atoms with Crippen LogP contribution in [0, 0.1) is 11.3 Å². The van der Waals surface area contributed by atoms with Gasteiger partial charge in [-0.3, -0.25) is 14.7 Å². The Labute approximate surface area is 148 Å². The SMILES string of the molecule is C=C/C(CN1CCN(c2cn[nH]c(=O)c2C#N)C(C)C1)=C(/CC)N=C. The molecule has 7 heteroatoms. The average Bonchev–Trinajstić information content (AvgIpc) is 2.61. The Bertz CT molecular complexity index is 773. The highest BCUT2D eigenvalue weighted by molar-refractivity contribution is 5.57. The van der Waals surface area contributed by atoms with Crippen molar-refractivity contribution in [2.24, 2.45) is 4.99 Å². The van der Waals surface area contributed by atoms with Gasteiger partial charge >= 0.3 is 0 Å². The number of piperazine rings is 1. The fraction of sp³-hybridized carbons (Fsp3) is 0.444. The quantitative estimate of drug-likeness (QED) is 0.629. The Balaban J connectivity index is 2.16. The second kappa shape index (κ2) is 8.40. The average molecular weight is 340 g/mol. The van der Waals surface area contributed by atoms with E-state index in [2.05, 4.69) is 52.1 Å². The molecule has 2 rings (SSSR count). The summed E-state index contributed by atoms with van der Waals surface area (Å²) in [5, 5.41) is 15.4. The molecule has 0 bridgehead atoms. The first-order valence-electron chi connectivity index (χ1n) is 8.33. The van der Waals surface area contributed by atoms with E-state index in [9.17, 15) is 10.1 Å². The summed E-state index contributed by atoms with van der Waals surface area (Å²) in [6.07, 6.45) is 4.22. The molecule has 1 aromatic heterocycles. The molecule has 1 aliphatic rings. The van der Waals surface area contributed by atoms with E-state index >= 15 is 0 Å². The van der Waals surface area contributed by atoms with Crippen molar-refractivity contribution in [1.29, 1.82) is 5.26 Å². The highest BCUT2D eigenvalue weighted by atomic mass is 16.1. The zero-order valence-corrected chi connectivity index (χ0v) is 14.8. The highest BCUT2D eigenvalue weighted by Crippen LogP contribution is 2.22. The first kappa shape index (κ1) is 18.6. The molecule has 1 unspecified atom stereocenters. The van der Waals surface area contributed by atoms with E-state index in [1.165, 1.54) is 0 Å². The van der Waals surface area contributed by atoms with Gasteiger partial charge in [-0.2, -0.15) is 10.4 Å². The third-order valence-electron chi connectivity index (χ3n) is 4.51. The minimum Gasteiger partial charge on any atom is -0.364 e. The number of anilines is 1. The molecule has 7 nitrogen and oxygen atoms in total. The van der Waals surface area contributed by atoms with E-state index in [-0.39, 0.29) is 11.6 Å². The predicted octanol–water partition coefficient (Wildman–Crippen LogP) is 1.70. The number of nitriles is 1. The summed E-state index contributed by atoms with van der Waals surface area (Å²) in [5.41, 5.74) is 2.33. The summed E-state index contributed by atoms with van der Waals surface area (Å²) in [4.78, 5) is 20.3. The lowest BCUT2D eigenvalue weighted by Gasteiger charge is -2.41. The van der Waals surface area contributed by atoms with Crippen LogP contribution in [0.2, 0.25) is 0 Å². The minimum absolute atomic E-state index is 0.117.